The molecule has 0 saturated carbocycles. The quantitative estimate of drug-likeness (QED) is 0.590. The van der Waals surface area contributed by atoms with Gasteiger partial charge < -0.3 is 10.3 Å². The third-order valence-corrected chi connectivity index (χ3v) is 4.17. The lowest BCUT2D eigenvalue weighted by Crippen LogP contribution is -2.28. The lowest BCUT2D eigenvalue weighted by atomic mass is 10.1. The maximum atomic E-state index is 12.3. The number of halogens is 2. The van der Waals surface area contributed by atoms with Crippen LogP contribution < -0.4 is 5.32 Å². The minimum atomic E-state index is -2.60. The largest absolute Gasteiger partial charge is 0.346 e. The zero-order valence-corrected chi connectivity index (χ0v) is 13.8. The fourth-order valence-electron chi connectivity index (χ4n) is 2.93. The number of aryl methyl sites for hydroxylation is 1. The summed E-state index contributed by atoms with van der Waals surface area (Å²) in [5, 5.41) is 7.28. The molecule has 0 bridgehead atoms. The van der Waals surface area contributed by atoms with Crippen LogP contribution in [0.15, 0.2) is 42.9 Å². The van der Waals surface area contributed by atoms with Gasteiger partial charge >= 0.3 is 0 Å². The highest BCUT2D eigenvalue weighted by Crippen LogP contribution is 2.29. The van der Waals surface area contributed by atoms with E-state index in [1.165, 1.54) is 10.7 Å². The summed E-state index contributed by atoms with van der Waals surface area (Å²) in [6.45, 7) is 1.23. The number of amides is 1. The van der Waals surface area contributed by atoms with Crippen molar-refractivity contribution in [2.45, 2.75) is 13.3 Å². The molecule has 0 saturated heterocycles. The number of hydrogen-bond acceptors (Lipinski definition) is 3. The number of hydrogen-bond donors (Lipinski definition) is 2. The number of aromatic amines is 1. The molecule has 4 heterocycles. The summed E-state index contributed by atoms with van der Waals surface area (Å²) < 4.78 is 26.2. The van der Waals surface area contributed by atoms with Crippen LogP contribution in [0.2, 0.25) is 0 Å². The van der Waals surface area contributed by atoms with Crippen LogP contribution in [0.3, 0.4) is 0 Å². The number of nitrogens with zero attached hydrogens (tertiary/aromatic N) is 3. The number of carbonyl (C=O) groups excluding carboxylic acids is 1. The van der Waals surface area contributed by atoms with E-state index in [0.29, 0.717) is 5.52 Å². The molecule has 2 N–H and O–H groups in total. The van der Waals surface area contributed by atoms with Gasteiger partial charge in [0.2, 0.25) is 0 Å². The fourth-order valence-corrected chi connectivity index (χ4v) is 2.93. The molecule has 26 heavy (non-hydrogen) atoms. The maximum Gasteiger partial charge on any atom is 0.255 e. The van der Waals surface area contributed by atoms with E-state index in [-0.39, 0.29) is 5.56 Å². The summed E-state index contributed by atoms with van der Waals surface area (Å²) >= 11 is 0. The Morgan fingerprint density at radius 3 is 3.00 bits per heavy atom. The van der Waals surface area contributed by atoms with Crippen molar-refractivity contribution in [3.8, 4) is 11.1 Å². The van der Waals surface area contributed by atoms with Crippen LogP contribution in [-0.2, 0) is 0 Å². The van der Waals surface area contributed by atoms with Gasteiger partial charge in [-0.15, -0.1) is 0 Å². The third-order valence-electron chi connectivity index (χ3n) is 4.17. The van der Waals surface area contributed by atoms with Crippen molar-refractivity contribution in [2.24, 2.45) is 0 Å². The molecular formula is C18H15F2N5O. The monoisotopic (exact) mass is 355 g/mol. The van der Waals surface area contributed by atoms with Crippen molar-refractivity contribution in [3.05, 3.63) is 54.1 Å². The van der Waals surface area contributed by atoms with E-state index >= 15 is 0 Å². The Kier molecular flexibility index (Phi) is 3.87. The van der Waals surface area contributed by atoms with E-state index in [2.05, 4.69) is 20.4 Å². The standard InChI is InChI=1S/C18H15F2N5O/c1-10-2-3-12-13(7-21-17(12)24-10)11-4-5-25-15(6-11)14(8-23-25)18(26)22-9-16(19)20/h2-8,16H,9H2,1H3,(H,21,24)(H,22,26). The van der Waals surface area contributed by atoms with Crippen LogP contribution in [0.25, 0.3) is 27.7 Å². The number of aromatic nitrogens is 4. The molecule has 0 atom stereocenters. The molecule has 6 nitrogen and oxygen atoms in total. The van der Waals surface area contributed by atoms with Crippen molar-refractivity contribution in [3.63, 3.8) is 0 Å². The van der Waals surface area contributed by atoms with E-state index in [1.54, 1.807) is 6.20 Å². The number of H-pyrrole nitrogens is 1. The van der Waals surface area contributed by atoms with Gasteiger partial charge in [-0.2, -0.15) is 5.10 Å². The number of pyridine rings is 2. The first kappa shape index (κ1) is 16.2. The SMILES string of the molecule is Cc1ccc2c(-c3ccn4ncc(C(=O)NCC(F)F)c4c3)c[nH]c2n1. The van der Waals surface area contributed by atoms with Gasteiger partial charge in [-0.1, -0.05) is 0 Å². The molecule has 1 amide bonds. The smallest absolute Gasteiger partial charge is 0.255 e. The summed E-state index contributed by atoms with van der Waals surface area (Å²) in [4.78, 5) is 19.8. The summed E-state index contributed by atoms with van der Waals surface area (Å²) in [5.74, 6) is -0.575. The fraction of sp³-hybridized carbons (Fsp3) is 0.167. The molecule has 4 aromatic heterocycles. The molecular weight excluding hydrogens is 340 g/mol. The van der Waals surface area contributed by atoms with Crippen LogP contribution >= 0.6 is 0 Å². The molecule has 4 rings (SSSR count). The average molecular weight is 355 g/mol. The summed E-state index contributed by atoms with van der Waals surface area (Å²) in [6.07, 6.45) is 2.36. The van der Waals surface area contributed by atoms with Gasteiger partial charge in [-0.25, -0.2) is 18.3 Å². The highest BCUT2D eigenvalue weighted by atomic mass is 19.3. The van der Waals surface area contributed by atoms with Crippen molar-refractivity contribution < 1.29 is 13.6 Å². The molecule has 0 unspecified atom stereocenters. The zero-order chi connectivity index (χ0) is 18.3. The van der Waals surface area contributed by atoms with Gasteiger partial charge in [0.1, 0.15) is 5.65 Å². The van der Waals surface area contributed by atoms with E-state index in [0.717, 1.165) is 27.9 Å². The second-order valence-electron chi connectivity index (χ2n) is 5.96. The van der Waals surface area contributed by atoms with Gasteiger partial charge in [0.05, 0.1) is 23.8 Å². The maximum absolute atomic E-state index is 12.3. The highest BCUT2D eigenvalue weighted by molar-refractivity contribution is 6.02. The van der Waals surface area contributed by atoms with Gasteiger partial charge in [-0.3, -0.25) is 4.79 Å². The average Bonchev–Trinajstić information content (AvgIpc) is 3.22. The molecule has 0 aliphatic heterocycles. The molecule has 8 heteroatoms. The Bertz CT molecular complexity index is 1120. The van der Waals surface area contributed by atoms with Crippen molar-refractivity contribution >= 4 is 22.5 Å². The Morgan fingerprint density at radius 2 is 2.19 bits per heavy atom. The second-order valence-corrected chi connectivity index (χ2v) is 5.96. The molecule has 0 fully saturated rings. The first-order valence-electron chi connectivity index (χ1n) is 8.02. The van der Waals surface area contributed by atoms with Crippen LogP contribution in [0.4, 0.5) is 8.78 Å². The molecule has 4 aromatic rings. The number of rotatable bonds is 4. The van der Waals surface area contributed by atoms with Crippen molar-refractivity contribution in [1.82, 2.24) is 24.9 Å². The van der Waals surface area contributed by atoms with Crippen LogP contribution in [0.5, 0.6) is 0 Å². The Labute approximate surface area is 146 Å². The third kappa shape index (κ3) is 2.79. The first-order chi connectivity index (χ1) is 12.5. The van der Waals surface area contributed by atoms with Gasteiger partial charge in [0.25, 0.3) is 12.3 Å². The lowest BCUT2D eigenvalue weighted by molar-refractivity contribution is 0.0893. The predicted octanol–water partition coefficient (Wildman–Crippen LogP) is 3.18. The summed E-state index contributed by atoms with van der Waals surface area (Å²) in [7, 11) is 0. The number of alkyl halides is 2. The van der Waals surface area contributed by atoms with Crippen molar-refractivity contribution in [2.75, 3.05) is 6.54 Å². The van der Waals surface area contributed by atoms with Gasteiger partial charge in [0, 0.05) is 29.0 Å². The molecule has 0 radical (unpaired) electrons. The summed E-state index contributed by atoms with van der Waals surface area (Å²) in [5.41, 5.74) is 4.30. The lowest BCUT2D eigenvalue weighted by Gasteiger charge is -2.05. The Balaban J connectivity index is 1.77. The second kappa shape index (κ2) is 6.21. The van der Waals surface area contributed by atoms with E-state index < -0.39 is 18.9 Å². The summed E-state index contributed by atoms with van der Waals surface area (Å²) in [6, 6.07) is 7.61. The minimum absolute atomic E-state index is 0.251. The Hall–Kier alpha value is -3.29. The Morgan fingerprint density at radius 1 is 1.35 bits per heavy atom. The van der Waals surface area contributed by atoms with Crippen LogP contribution in [0.1, 0.15) is 16.1 Å². The topological polar surface area (TPSA) is 75.1 Å². The molecule has 132 valence electrons. The van der Waals surface area contributed by atoms with Crippen molar-refractivity contribution in [1.29, 1.82) is 0 Å². The number of nitrogens with one attached hydrogen (secondary N) is 2. The number of fused-ring (bicyclic) bond motifs is 2. The molecule has 0 aromatic carbocycles. The molecule has 0 spiro atoms. The van der Waals surface area contributed by atoms with E-state index in [9.17, 15) is 13.6 Å². The first-order valence-corrected chi connectivity index (χ1v) is 8.02. The normalized spacial score (nSPS) is 11.5. The van der Waals surface area contributed by atoms with Gasteiger partial charge in [-0.05, 0) is 36.8 Å². The van der Waals surface area contributed by atoms with Crippen LogP contribution in [0, 0.1) is 6.92 Å². The predicted molar refractivity (Wildman–Crippen MR) is 93.4 cm³/mol. The highest BCUT2D eigenvalue weighted by Gasteiger charge is 2.16. The number of carbonyl (C=O) groups is 1. The van der Waals surface area contributed by atoms with E-state index in [4.69, 9.17) is 0 Å². The zero-order valence-electron chi connectivity index (χ0n) is 13.8. The molecule has 0 aliphatic rings. The minimum Gasteiger partial charge on any atom is -0.346 e. The van der Waals surface area contributed by atoms with E-state index in [1.807, 2.05) is 37.4 Å². The van der Waals surface area contributed by atoms with Crippen LogP contribution in [-0.4, -0.2) is 38.5 Å². The van der Waals surface area contributed by atoms with Gasteiger partial charge in [0.15, 0.2) is 0 Å². The molecule has 0 aliphatic carbocycles.